The van der Waals surface area contributed by atoms with E-state index in [2.05, 4.69) is 30.7 Å². The molecule has 0 aliphatic heterocycles. The summed E-state index contributed by atoms with van der Waals surface area (Å²) in [6.45, 7) is 0. The number of hydrogen-bond donors (Lipinski definition) is 0. The van der Waals surface area contributed by atoms with E-state index in [-0.39, 0.29) is 0 Å². The van der Waals surface area contributed by atoms with Gasteiger partial charge in [-0.3, -0.25) is 0 Å². The molecule has 0 saturated heterocycles. The highest BCUT2D eigenvalue weighted by Gasteiger charge is 2.01. The minimum Gasteiger partial charge on any atom is -0.378 e. The molecule has 3 rings (SSSR count). The summed E-state index contributed by atoms with van der Waals surface area (Å²) in [6.07, 6.45) is 1.95. The molecule has 26 heavy (non-hydrogen) atoms. The van der Waals surface area contributed by atoms with Gasteiger partial charge in [-0.1, -0.05) is 23.1 Å². The lowest BCUT2D eigenvalue weighted by atomic mass is 10.3. The molecule has 0 spiro atoms. The normalized spacial score (nSPS) is 11.5. The molecule has 0 unspecified atom stereocenters. The Hall–Kier alpha value is -2.65. The third kappa shape index (κ3) is 4.93. The van der Waals surface area contributed by atoms with Crippen LogP contribution in [0.2, 0.25) is 0 Å². The van der Waals surface area contributed by atoms with E-state index in [1.54, 1.807) is 0 Å². The molecular weight excluding hydrogens is 366 g/mol. The van der Waals surface area contributed by atoms with Crippen molar-refractivity contribution in [2.24, 2.45) is 20.5 Å². The van der Waals surface area contributed by atoms with Crippen LogP contribution in [0, 0.1) is 0 Å². The number of anilines is 1. The van der Waals surface area contributed by atoms with E-state index in [9.17, 15) is 0 Å². The van der Waals surface area contributed by atoms with Crippen LogP contribution in [0.15, 0.2) is 73.3 Å². The molecule has 0 atom stereocenters. The Morgan fingerprint density at radius 1 is 0.769 bits per heavy atom. The summed E-state index contributed by atoms with van der Waals surface area (Å²) in [4.78, 5) is 2.04. The maximum atomic E-state index is 4.25. The first-order chi connectivity index (χ1) is 12.6. The largest absolute Gasteiger partial charge is 0.378 e. The summed E-state index contributed by atoms with van der Waals surface area (Å²) in [6, 6.07) is 15.3. The molecule has 7 nitrogen and oxygen atoms in total. The lowest BCUT2D eigenvalue weighted by molar-refractivity contribution is 0.996. The molecule has 0 N–H and O–H groups in total. The third-order valence-corrected chi connectivity index (χ3v) is 5.10. The monoisotopic (exact) mass is 383 g/mol. The average Bonchev–Trinajstić information content (AvgIpc) is 3.14. The molecular formula is C17H17N7S2. The molecule has 0 saturated carbocycles. The second-order valence-electron chi connectivity index (χ2n) is 5.38. The van der Waals surface area contributed by atoms with Crippen molar-refractivity contribution >= 4 is 51.0 Å². The first-order valence-corrected chi connectivity index (χ1v) is 9.76. The first kappa shape index (κ1) is 18.2. The number of thioether (sulfide) groups is 1. The molecule has 3 aromatic rings. The van der Waals surface area contributed by atoms with Gasteiger partial charge < -0.3 is 4.90 Å². The smallest absolute Gasteiger partial charge is 0.252 e. The van der Waals surface area contributed by atoms with Crippen molar-refractivity contribution in [1.82, 2.24) is 10.2 Å². The van der Waals surface area contributed by atoms with E-state index in [0.717, 1.165) is 27.1 Å². The van der Waals surface area contributed by atoms with Gasteiger partial charge >= 0.3 is 0 Å². The molecule has 0 radical (unpaired) electrons. The maximum absolute atomic E-state index is 4.25. The molecule has 0 aliphatic carbocycles. The van der Waals surface area contributed by atoms with Crippen LogP contribution < -0.4 is 4.90 Å². The highest BCUT2D eigenvalue weighted by Crippen LogP contribution is 2.28. The van der Waals surface area contributed by atoms with Crippen molar-refractivity contribution in [1.29, 1.82) is 0 Å². The molecule has 1 aromatic heterocycles. The zero-order valence-electron chi connectivity index (χ0n) is 14.6. The topological polar surface area (TPSA) is 78.5 Å². The lowest BCUT2D eigenvalue weighted by Crippen LogP contribution is -2.07. The van der Waals surface area contributed by atoms with Crippen molar-refractivity contribution in [2.45, 2.75) is 4.34 Å². The second-order valence-corrected chi connectivity index (χ2v) is 7.39. The minimum absolute atomic E-state index is 0.541. The highest BCUT2D eigenvalue weighted by molar-refractivity contribution is 8.00. The van der Waals surface area contributed by atoms with E-state index >= 15 is 0 Å². The van der Waals surface area contributed by atoms with Crippen LogP contribution in [0.4, 0.5) is 27.9 Å². The fraction of sp³-hybridized carbons (Fsp3) is 0.176. The fourth-order valence-corrected chi connectivity index (χ4v) is 3.03. The van der Waals surface area contributed by atoms with Crippen molar-refractivity contribution in [3.05, 3.63) is 48.5 Å². The summed E-state index contributed by atoms with van der Waals surface area (Å²) < 4.78 is 0.869. The van der Waals surface area contributed by atoms with Crippen molar-refractivity contribution in [3.63, 3.8) is 0 Å². The number of rotatable bonds is 6. The SMILES string of the molecule is CSc1nnc(N=Nc2ccc(N=Nc3ccc(N(C)C)cc3)cc2)s1. The Kier molecular flexibility index (Phi) is 6.03. The molecule has 1 heterocycles. The highest BCUT2D eigenvalue weighted by atomic mass is 32.2. The Labute approximate surface area is 159 Å². The number of aromatic nitrogens is 2. The molecule has 2 aromatic carbocycles. The van der Waals surface area contributed by atoms with Gasteiger partial charge in [0, 0.05) is 19.8 Å². The summed E-state index contributed by atoms with van der Waals surface area (Å²) in [7, 11) is 4.00. The van der Waals surface area contributed by atoms with Gasteiger partial charge in [-0.2, -0.15) is 10.2 Å². The maximum Gasteiger partial charge on any atom is 0.252 e. The van der Waals surface area contributed by atoms with E-state index in [1.807, 2.05) is 73.8 Å². The van der Waals surface area contributed by atoms with E-state index in [1.165, 1.54) is 23.1 Å². The van der Waals surface area contributed by atoms with Crippen LogP contribution in [0.25, 0.3) is 0 Å². The zero-order valence-corrected chi connectivity index (χ0v) is 16.2. The predicted octanol–water partition coefficient (Wildman–Crippen LogP) is 6.16. The number of azo groups is 2. The molecule has 0 fully saturated rings. The minimum atomic E-state index is 0.541. The van der Waals surface area contributed by atoms with Crippen LogP contribution in [-0.4, -0.2) is 30.5 Å². The molecule has 132 valence electrons. The van der Waals surface area contributed by atoms with Crippen molar-refractivity contribution < 1.29 is 0 Å². The van der Waals surface area contributed by atoms with E-state index < -0.39 is 0 Å². The van der Waals surface area contributed by atoms with Gasteiger partial charge in [0.2, 0.25) is 0 Å². The number of nitrogens with zero attached hydrogens (tertiary/aromatic N) is 7. The quantitative estimate of drug-likeness (QED) is 0.377. The summed E-state index contributed by atoms with van der Waals surface area (Å²) in [5.74, 6) is 0. The Morgan fingerprint density at radius 2 is 1.27 bits per heavy atom. The van der Waals surface area contributed by atoms with Crippen molar-refractivity contribution in [3.8, 4) is 0 Å². The molecule has 0 bridgehead atoms. The zero-order chi connectivity index (χ0) is 18.4. The van der Waals surface area contributed by atoms with Crippen LogP contribution >= 0.6 is 23.1 Å². The van der Waals surface area contributed by atoms with Gasteiger partial charge in [-0.05, 0) is 54.8 Å². The van der Waals surface area contributed by atoms with Crippen LogP contribution in [0.5, 0.6) is 0 Å². The third-order valence-electron chi connectivity index (χ3n) is 3.32. The van der Waals surface area contributed by atoms with Gasteiger partial charge in [0.1, 0.15) is 0 Å². The molecule has 0 amide bonds. The second kappa shape index (κ2) is 8.63. The summed E-state index contributed by atoms with van der Waals surface area (Å²) >= 11 is 2.94. The summed E-state index contributed by atoms with van der Waals surface area (Å²) in [5, 5.41) is 25.2. The fourth-order valence-electron chi connectivity index (χ4n) is 1.94. The number of hydrogen-bond acceptors (Lipinski definition) is 9. The first-order valence-electron chi connectivity index (χ1n) is 7.72. The van der Waals surface area contributed by atoms with Gasteiger partial charge in [0.15, 0.2) is 4.34 Å². The standard InChI is InChI=1S/C17H17N7S2/c1-24(2)15-10-8-14(9-11-15)19-18-12-4-6-13(7-5-12)20-21-16-22-23-17(25-3)26-16/h4-11H,1-3H3. The Bertz CT molecular complexity index is 900. The van der Waals surface area contributed by atoms with Crippen LogP contribution in [0.3, 0.4) is 0 Å². The lowest BCUT2D eigenvalue weighted by Gasteiger charge is -2.11. The summed E-state index contributed by atoms with van der Waals surface area (Å²) in [5.41, 5.74) is 3.40. The van der Waals surface area contributed by atoms with Gasteiger partial charge in [-0.25, -0.2) is 0 Å². The van der Waals surface area contributed by atoms with E-state index in [4.69, 9.17) is 0 Å². The van der Waals surface area contributed by atoms with E-state index in [0.29, 0.717) is 5.13 Å². The average molecular weight is 384 g/mol. The van der Waals surface area contributed by atoms with Gasteiger partial charge in [0.05, 0.1) is 17.1 Å². The van der Waals surface area contributed by atoms with Crippen LogP contribution in [-0.2, 0) is 0 Å². The van der Waals surface area contributed by atoms with Gasteiger partial charge in [0.25, 0.3) is 5.13 Å². The van der Waals surface area contributed by atoms with Crippen molar-refractivity contribution in [2.75, 3.05) is 25.3 Å². The Morgan fingerprint density at radius 3 is 1.73 bits per heavy atom. The molecule has 0 aliphatic rings. The number of benzene rings is 2. The van der Waals surface area contributed by atoms with Crippen LogP contribution in [0.1, 0.15) is 0 Å². The predicted molar refractivity (Wildman–Crippen MR) is 107 cm³/mol. The Balaban J connectivity index is 1.63. The molecule has 9 heteroatoms. The van der Waals surface area contributed by atoms with Gasteiger partial charge in [-0.15, -0.1) is 20.4 Å².